The first-order valence-corrected chi connectivity index (χ1v) is 6.59. The van der Waals surface area contributed by atoms with Gasteiger partial charge in [0.25, 0.3) is 5.91 Å². The van der Waals surface area contributed by atoms with E-state index in [-0.39, 0.29) is 5.91 Å². The molecule has 1 amide bonds. The molecular formula is C14H18N4O. The minimum absolute atomic E-state index is 0.167. The Morgan fingerprint density at radius 1 is 1.63 bits per heavy atom. The molecule has 1 aliphatic rings. The number of hydrogen-bond acceptors (Lipinski definition) is 4. The van der Waals surface area contributed by atoms with E-state index in [1.165, 1.54) is 6.20 Å². The molecule has 0 bridgehead atoms. The van der Waals surface area contributed by atoms with Crippen molar-refractivity contribution in [3.8, 4) is 6.07 Å². The number of likely N-dealkylation sites (tertiary alicyclic amines) is 1. The molecule has 1 N–H and O–H groups in total. The minimum atomic E-state index is -0.167. The molecule has 2 heterocycles. The van der Waals surface area contributed by atoms with Gasteiger partial charge in [-0.2, -0.15) is 5.26 Å². The van der Waals surface area contributed by atoms with Gasteiger partial charge < -0.3 is 10.2 Å². The van der Waals surface area contributed by atoms with Gasteiger partial charge in [-0.1, -0.05) is 6.92 Å². The van der Waals surface area contributed by atoms with Crippen LogP contribution in [0.2, 0.25) is 0 Å². The number of carbonyl (C=O) groups is 1. The summed E-state index contributed by atoms with van der Waals surface area (Å²) in [6.45, 7) is 6.09. The standard InChI is InChI=1S/C14H18N4O/c1-2-18-6-5-12(10-18)9-17-14(19)13-4-3-11(7-15)8-16-13/h3-4,8,12H,2,5-6,9-10H2,1H3,(H,17,19). The monoisotopic (exact) mass is 258 g/mol. The lowest BCUT2D eigenvalue weighted by molar-refractivity contribution is 0.0942. The van der Waals surface area contributed by atoms with Crippen LogP contribution in [-0.2, 0) is 0 Å². The van der Waals surface area contributed by atoms with E-state index in [1.807, 2.05) is 6.07 Å². The Bertz CT molecular complexity index is 477. The summed E-state index contributed by atoms with van der Waals surface area (Å²) in [6.07, 6.45) is 2.55. The first kappa shape index (κ1) is 13.5. The maximum atomic E-state index is 11.9. The summed E-state index contributed by atoms with van der Waals surface area (Å²) >= 11 is 0. The van der Waals surface area contributed by atoms with Crippen LogP contribution in [0.15, 0.2) is 18.3 Å². The fraction of sp³-hybridized carbons (Fsp3) is 0.500. The van der Waals surface area contributed by atoms with Crippen LogP contribution < -0.4 is 5.32 Å². The minimum Gasteiger partial charge on any atom is -0.350 e. The summed E-state index contributed by atoms with van der Waals surface area (Å²) in [6, 6.07) is 5.17. The highest BCUT2D eigenvalue weighted by atomic mass is 16.1. The predicted molar refractivity (Wildman–Crippen MR) is 71.5 cm³/mol. The van der Waals surface area contributed by atoms with E-state index in [0.29, 0.717) is 23.7 Å². The number of nitriles is 1. The van der Waals surface area contributed by atoms with Gasteiger partial charge in [0.15, 0.2) is 0 Å². The zero-order valence-electron chi connectivity index (χ0n) is 11.1. The van der Waals surface area contributed by atoms with Crippen LogP contribution in [0, 0.1) is 17.2 Å². The molecule has 5 nitrogen and oxygen atoms in total. The predicted octanol–water partition coefficient (Wildman–Crippen LogP) is 1.02. The van der Waals surface area contributed by atoms with Crippen molar-refractivity contribution in [2.75, 3.05) is 26.2 Å². The van der Waals surface area contributed by atoms with Gasteiger partial charge in [-0.3, -0.25) is 4.79 Å². The van der Waals surface area contributed by atoms with Crippen molar-refractivity contribution in [2.24, 2.45) is 5.92 Å². The highest BCUT2D eigenvalue weighted by Crippen LogP contribution is 2.14. The molecule has 0 spiro atoms. The third kappa shape index (κ3) is 3.52. The molecule has 100 valence electrons. The number of carbonyl (C=O) groups excluding carboxylic acids is 1. The second kappa shape index (κ2) is 6.30. The van der Waals surface area contributed by atoms with E-state index in [9.17, 15) is 4.79 Å². The quantitative estimate of drug-likeness (QED) is 0.875. The summed E-state index contributed by atoms with van der Waals surface area (Å²) in [4.78, 5) is 18.2. The Morgan fingerprint density at radius 3 is 3.05 bits per heavy atom. The first-order chi connectivity index (χ1) is 9.22. The molecule has 1 aliphatic heterocycles. The highest BCUT2D eigenvalue weighted by Gasteiger charge is 2.21. The largest absolute Gasteiger partial charge is 0.350 e. The van der Waals surface area contributed by atoms with Crippen molar-refractivity contribution in [1.82, 2.24) is 15.2 Å². The van der Waals surface area contributed by atoms with Crippen LogP contribution in [0.1, 0.15) is 29.4 Å². The highest BCUT2D eigenvalue weighted by molar-refractivity contribution is 5.92. The van der Waals surface area contributed by atoms with Crippen LogP contribution in [0.3, 0.4) is 0 Å². The van der Waals surface area contributed by atoms with Gasteiger partial charge >= 0.3 is 0 Å². The third-order valence-electron chi connectivity index (χ3n) is 3.49. The van der Waals surface area contributed by atoms with E-state index < -0.39 is 0 Å². The van der Waals surface area contributed by atoms with E-state index in [1.54, 1.807) is 12.1 Å². The molecule has 5 heteroatoms. The number of aromatic nitrogens is 1. The van der Waals surface area contributed by atoms with Crippen molar-refractivity contribution < 1.29 is 4.79 Å². The topological polar surface area (TPSA) is 69.0 Å². The van der Waals surface area contributed by atoms with Gasteiger partial charge in [0.05, 0.1) is 5.56 Å². The molecule has 1 aromatic rings. The maximum Gasteiger partial charge on any atom is 0.269 e. The van der Waals surface area contributed by atoms with Crippen molar-refractivity contribution in [1.29, 1.82) is 5.26 Å². The number of nitrogens with one attached hydrogen (secondary N) is 1. The molecule has 1 atom stereocenters. The second-order valence-corrected chi connectivity index (χ2v) is 4.80. The van der Waals surface area contributed by atoms with Gasteiger partial charge in [-0.25, -0.2) is 4.98 Å². The average Bonchev–Trinajstić information content (AvgIpc) is 2.93. The van der Waals surface area contributed by atoms with Crippen LogP contribution in [0.25, 0.3) is 0 Å². The van der Waals surface area contributed by atoms with Crippen LogP contribution in [0.4, 0.5) is 0 Å². The van der Waals surface area contributed by atoms with Crippen LogP contribution >= 0.6 is 0 Å². The van der Waals surface area contributed by atoms with Crippen molar-refractivity contribution in [2.45, 2.75) is 13.3 Å². The summed E-state index contributed by atoms with van der Waals surface area (Å²) in [5.74, 6) is 0.363. The molecule has 0 aromatic carbocycles. The maximum absolute atomic E-state index is 11.9. The summed E-state index contributed by atoms with van der Waals surface area (Å²) in [5, 5.41) is 11.6. The first-order valence-electron chi connectivity index (χ1n) is 6.59. The molecule has 0 aliphatic carbocycles. The lowest BCUT2D eigenvalue weighted by Crippen LogP contribution is -2.31. The number of nitrogens with zero attached hydrogens (tertiary/aromatic N) is 3. The van der Waals surface area contributed by atoms with E-state index in [4.69, 9.17) is 5.26 Å². The molecule has 1 saturated heterocycles. The van der Waals surface area contributed by atoms with Gasteiger partial charge in [-0.15, -0.1) is 0 Å². The van der Waals surface area contributed by atoms with E-state index in [2.05, 4.69) is 22.1 Å². The van der Waals surface area contributed by atoms with Gasteiger partial charge in [0, 0.05) is 19.3 Å². The Labute approximate surface area is 113 Å². The van der Waals surface area contributed by atoms with Gasteiger partial charge in [-0.05, 0) is 37.6 Å². The van der Waals surface area contributed by atoms with Gasteiger partial charge in [0.1, 0.15) is 11.8 Å². The Kier molecular flexibility index (Phi) is 4.48. The Morgan fingerprint density at radius 2 is 2.47 bits per heavy atom. The number of rotatable bonds is 4. The molecule has 0 saturated carbocycles. The molecule has 2 rings (SSSR count). The number of pyridine rings is 1. The van der Waals surface area contributed by atoms with E-state index in [0.717, 1.165) is 26.1 Å². The van der Waals surface area contributed by atoms with E-state index >= 15 is 0 Å². The Hall–Kier alpha value is -1.93. The molecule has 1 aromatic heterocycles. The number of hydrogen-bond donors (Lipinski definition) is 1. The lowest BCUT2D eigenvalue weighted by Gasteiger charge is -2.13. The zero-order valence-corrected chi connectivity index (χ0v) is 11.1. The van der Waals surface area contributed by atoms with Crippen molar-refractivity contribution in [3.05, 3.63) is 29.6 Å². The molecule has 1 fully saturated rings. The molecule has 1 unspecified atom stereocenters. The fourth-order valence-electron chi connectivity index (χ4n) is 2.29. The second-order valence-electron chi connectivity index (χ2n) is 4.80. The SMILES string of the molecule is CCN1CCC(CNC(=O)c2ccc(C#N)cn2)C1. The van der Waals surface area contributed by atoms with Crippen LogP contribution in [0.5, 0.6) is 0 Å². The van der Waals surface area contributed by atoms with Crippen LogP contribution in [-0.4, -0.2) is 42.0 Å². The van der Waals surface area contributed by atoms with Gasteiger partial charge in [0.2, 0.25) is 0 Å². The Balaban J connectivity index is 1.82. The van der Waals surface area contributed by atoms with Crippen molar-refractivity contribution in [3.63, 3.8) is 0 Å². The summed E-state index contributed by atoms with van der Waals surface area (Å²) < 4.78 is 0. The molecular weight excluding hydrogens is 240 g/mol. The average molecular weight is 258 g/mol. The molecule has 19 heavy (non-hydrogen) atoms. The third-order valence-corrected chi connectivity index (χ3v) is 3.49. The normalized spacial score (nSPS) is 19.1. The summed E-state index contributed by atoms with van der Waals surface area (Å²) in [5.41, 5.74) is 0.829. The fourth-order valence-corrected chi connectivity index (χ4v) is 2.29. The van der Waals surface area contributed by atoms with Crippen molar-refractivity contribution >= 4 is 5.91 Å². The summed E-state index contributed by atoms with van der Waals surface area (Å²) in [7, 11) is 0. The molecule has 0 radical (unpaired) electrons. The lowest BCUT2D eigenvalue weighted by atomic mass is 10.1. The number of amides is 1. The smallest absolute Gasteiger partial charge is 0.269 e. The zero-order chi connectivity index (χ0) is 13.7.